The Kier molecular flexibility index (Phi) is 5.39. The first-order valence-electron chi connectivity index (χ1n) is 6.88. The second-order valence-electron chi connectivity index (χ2n) is 5.92. The molecule has 1 aromatic rings. The molecule has 0 saturated carbocycles. The first-order valence-corrected chi connectivity index (χ1v) is 6.88. The van der Waals surface area contributed by atoms with Crippen LogP contribution in [0, 0.1) is 20.8 Å². The highest BCUT2D eigenvalue weighted by molar-refractivity contribution is 5.42. The number of benzene rings is 1. The zero-order valence-corrected chi connectivity index (χ0v) is 13.2. The van der Waals surface area contributed by atoms with Gasteiger partial charge in [0.15, 0.2) is 0 Å². The molecule has 3 nitrogen and oxygen atoms in total. The van der Waals surface area contributed by atoms with Crippen molar-refractivity contribution in [2.75, 3.05) is 27.2 Å². The van der Waals surface area contributed by atoms with Gasteiger partial charge in [0.2, 0.25) is 0 Å². The lowest BCUT2D eigenvalue weighted by Crippen LogP contribution is -2.48. The average Bonchev–Trinajstić information content (AvgIpc) is 2.31. The van der Waals surface area contributed by atoms with E-state index in [1.165, 1.54) is 16.7 Å². The summed E-state index contributed by atoms with van der Waals surface area (Å²) >= 11 is 0. The van der Waals surface area contributed by atoms with E-state index in [1.54, 1.807) is 0 Å². The fourth-order valence-corrected chi connectivity index (χ4v) is 2.28. The predicted octanol–water partition coefficient (Wildman–Crippen LogP) is 2.66. The normalized spacial score (nSPS) is 14.5. The van der Waals surface area contributed by atoms with Crippen molar-refractivity contribution >= 4 is 0 Å². The van der Waals surface area contributed by atoms with E-state index in [0.29, 0.717) is 13.2 Å². The number of nitrogens with two attached hydrogens (primary N) is 1. The molecule has 0 fully saturated rings. The molecule has 19 heavy (non-hydrogen) atoms. The number of nitrogens with zero attached hydrogens (tertiary/aromatic N) is 1. The van der Waals surface area contributed by atoms with Gasteiger partial charge in [-0.15, -0.1) is 0 Å². The lowest BCUT2D eigenvalue weighted by molar-refractivity contribution is 0.139. The Hall–Kier alpha value is -1.06. The maximum absolute atomic E-state index is 5.99. The molecule has 0 heterocycles. The maximum atomic E-state index is 5.99. The number of hydrogen-bond acceptors (Lipinski definition) is 3. The topological polar surface area (TPSA) is 38.5 Å². The Bertz CT molecular complexity index is 406. The number of hydrogen-bond donors (Lipinski definition) is 1. The third-order valence-electron chi connectivity index (χ3n) is 4.01. The summed E-state index contributed by atoms with van der Waals surface area (Å²) in [5.41, 5.74) is 9.55. The summed E-state index contributed by atoms with van der Waals surface area (Å²) in [6.45, 7) is 9.81. The monoisotopic (exact) mass is 264 g/mol. The van der Waals surface area contributed by atoms with E-state index in [1.807, 2.05) is 0 Å². The third-order valence-corrected chi connectivity index (χ3v) is 4.01. The molecule has 0 aromatic heterocycles. The quantitative estimate of drug-likeness (QED) is 0.858. The van der Waals surface area contributed by atoms with Crippen molar-refractivity contribution in [2.45, 2.75) is 39.7 Å². The smallest absolute Gasteiger partial charge is 0.125 e. The van der Waals surface area contributed by atoms with Gasteiger partial charge in [-0.25, -0.2) is 0 Å². The van der Waals surface area contributed by atoms with Gasteiger partial charge >= 0.3 is 0 Å². The van der Waals surface area contributed by atoms with Crippen LogP contribution in [0.15, 0.2) is 12.1 Å². The Morgan fingerprint density at radius 1 is 1.16 bits per heavy atom. The van der Waals surface area contributed by atoms with Gasteiger partial charge in [0, 0.05) is 18.5 Å². The van der Waals surface area contributed by atoms with E-state index in [9.17, 15) is 0 Å². The van der Waals surface area contributed by atoms with E-state index in [2.05, 4.69) is 58.8 Å². The Balaban J connectivity index is 2.68. The van der Waals surface area contributed by atoms with Gasteiger partial charge < -0.3 is 15.4 Å². The minimum Gasteiger partial charge on any atom is -0.493 e. The first-order chi connectivity index (χ1) is 8.80. The molecule has 0 aliphatic rings. The van der Waals surface area contributed by atoms with E-state index < -0.39 is 0 Å². The Morgan fingerprint density at radius 2 is 1.68 bits per heavy atom. The van der Waals surface area contributed by atoms with Crippen LogP contribution in [-0.4, -0.2) is 37.7 Å². The van der Waals surface area contributed by atoms with Crippen molar-refractivity contribution in [1.82, 2.24) is 4.90 Å². The van der Waals surface area contributed by atoms with Crippen LogP contribution >= 0.6 is 0 Å². The number of rotatable bonds is 6. The highest BCUT2D eigenvalue weighted by Gasteiger charge is 2.25. The molecular weight excluding hydrogens is 236 g/mol. The SMILES string of the molecule is Cc1cc(C)c(OCCC(C)(CN)N(C)C)c(C)c1. The van der Waals surface area contributed by atoms with Crippen molar-refractivity contribution in [3.63, 3.8) is 0 Å². The van der Waals surface area contributed by atoms with Crippen molar-refractivity contribution in [2.24, 2.45) is 5.73 Å². The van der Waals surface area contributed by atoms with Crippen LogP contribution < -0.4 is 10.5 Å². The van der Waals surface area contributed by atoms with Gasteiger partial charge in [0.1, 0.15) is 5.75 Å². The Morgan fingerprint density at radius 3 is 2.11 bits per heavy atom. The summed E-state index contributed by atoms with van der Waals surface area (Å²) in [4.78, 5) is 2.17. The van der Waals surface area contributed by atoms with Crippen molar-refractivity contribution in [3.05, 3.63) is 28.8 Å². The summed E-state index contributed by atoms with van der Waals surface area (Å²) < 4.78 is 5.99. The summed E-state index contributed by atoms with van der Waals surface area (Å²) in [6.07, 6.45) is 0.920. The average molecular weight is 264 g/mol. The Labute approximate surface area is 117 Å². The second kappa shape index (κ2) is 6.40. The molecule has 3 heteroatoms. The molecule has 1 unspecified atom stereocenters. The lowest BCUT2D eigenvalue weighted by atomic mass is 9.97. The molecule has 2 N–H and O–H groups in total. The van der Waals surface area contributed by atoms with E-state index >= 15 is 0 Å². The number of likely N-dealkylation sites (N-methyl/N-ethyl adjacent to an activating group) is 1. The van der Waals surface area contributed by atoms with Gasteiger partial charge in [0.25, 0.3) is 0 Å². The van der Waals surface area contributed by atoms with Crippen molar-refractivity contribution in [3.8, 4) is 5.75 Å². The molecule has 0 radical (unpaired) electrons. The molecule has 0 saturated heterocycles. The number of ether oxygens (including phenoxy) is 1. The van der Waals surface area contributed by atoms with Crippen LogP contribution in [0.25, 0.3) is 0 Å². The van der Waals surface area contributed by atoms with Gasteiger partial charge in [0.05, 0.1) is 6.61 Å². The zero-order valence-electron chi connectivity index (χ0n) is 13.2. The third kappa shape index (κ3) is 3.95. The molecular formula is C16H28N2O. The number of aryl methyl sites for hydroxylation is 3. The van der Waals surface area contributed by atoms with Crippen LogP contribution in [0.3, 0.4) is 0 Å². The van der Waals surface area contributed by atoms with Gasteiger partial charge in [-0.05, 0) is 52.9 Å². The van der Waals surface area contributed by atoms with E-state index in [4.69, 9.17) is 10.5 Å². The molecule has 1 atom stereocenters. The minimum atomic E-state index is -0.00743. The molecule has 0 spiro atoms. The summed E-state index contributed by atoms with van der Waals surface area (Å²) in [5, 5.41) is 0. The van der Waals surface area contributed by atoms with Crippen LogP contribution in [-0.2, 0) is 0 Å². The largest absolute Gasteiger partial charge is 0.493 e. The molecule has 0 amide bonds. The van der Waals surface area contributed by atoms with Crippen molar-refractivity contribution in [1.29, 1.82) is 0 Å². The highest BCUT2D eigenvalue weighted by Crippen LogP contribution is 2.25. The fourth-order valence-electron chi connectivity index (χ4n) is 2.28. The van der Waals surface area contributed by atoms with E-state index in [-0.39, 0.29) is 5.54 Å². The lowest BCUT2D eigenvalue weighted by Gasteiger charge is -2.35. The molecule has 108 valence electrons. The second-order valence-corrected chi connectivity index (χ2v) is 5.92. The molecule has 0 aliphatic heterocycles. The minimum absolute atomic E-state index is 0.00743. The van der Waals surface area contributed by atoms with Crippen LogP contribution in [0.1, 0.15) is 30.0 Å². The molecule has 0 bridgehead atoms. The molecule has 0 aliphatic carbocycles. The van der Waals surface area contributed by atoms with Crippen LogP contribution in [0.2, 0.25) is 0 Å². The molecule has 1 rings (SSSR count). The summed E-state index contributed by atoms with van der Waals surface area (Å²) in [6, 6.07) is 4.33. The summed E-state index contributed by atoms with van der Waals surface area (Å²) in [7, 11) is 4.13. The standard InChI is InChI=1S/C16H28N2O/c1-12-9-13(2)15(14(3)10-12)19-8-7-16(4,11-17)18(5)6/h9-10H,7-8,11,17H2,1-6H3. The van der Waals surface area contributed by atoms with E-state index in [0.717, 1.165) is 12.2 Å². The van der Waals surface area contributed by atoms with Gasteiger partial charge in [-0.1, -0.05) is 17.7 Å². The zero-order chi connectivity index (χ0) is 14.6. The first kappa shape index (κ1) is 16.0. The van der Waals surface area contributed by atoms with Gasteiger partial charge in [-0.3, -0.25) is 0 Å². The summed E-state index contributed by atoms with van der Waals surface area (Å²) in [5.74, 6) is 1.02. The molecule has 1 aromatic carbocycles. The van der Waals surface area contributed by atoms with Crippen LogP contribution in [0.4, 0.5) is 0 Å². The van der Waals surface area contributed by atoms with Crippen LogP contribution in [0.5, 0.6) is 5.75 Å². The fraction of sp³-hybridized carbons (Fsp3) is 0.625. The van der Waals surface area contributed by atoms with Crippen molar-refractivity contribution < 1.29 is 4.74 Å². The predicted molar refractivity (Wildman–Crippen MR) is 81.9 cm³/mol. The van der Waals surface area contributed by atoms with Gasteiger partial charge in [-0.2, -0.15) is 0 Å². The maximum Gasteiger partial charge on any atom is 0.125 e. The highest BCUT2D eigenvalue weighted by atomic mass is 16.5.